The van der Waals surface area contributed by atoms with Crippen LogP contribution >= 0.6 is 0 Å². The standard InChI is InChI=1S/C27H27F3N4O3/c1-17-15-33(11-10-31-17)23-9-4-19(13-24(23)36-3)12-20-14-26(29,30)16-34-25(20)32-37-27(34,18(2)35)21-5-7-22(28)8-6-21/h4-10,12-13,15,18,35H,11,14,16H2,1-3H3/b20-12+/t18?,27-/m0/s1. The molecule has 0 aliphatic carbocycles. The summed E-state index contributed by atoms with van der Waals surface area (Å²) >= 11 is 0. The molecule has 3 aliphatic rings. The first kappa shape index (κ1) is 24.9. The van der Waals surface area contributed by atoms with Crippen LogP contribution in [0.3, 0.4) is 0 Å². The number of piperidine rings is 1. The molecule has 5 rings (SSSR count). The van der Waals surface area contributed by atoms with Gasteiger partial charge in [0.25, 0.3) is 11.6 Å². The molecule has 0 aromatic heterocycles. The molecule has 2 aromatic carbocycles. The van der Waals surface area contributed by atoms with E-state index in [-0.39, 0.29) is 11.4 Å². The first-order chi connectivity index (χ1) is 17.6. The predicted molar refractivity (Wildman–Crippen MR) is 135 cm³/mol. The summed E-state index contributed by atoms with van der Waals surface area (Å²) in [6.07, 6.45) is 3.52. The van der Waals surface area contributed by atoms with Crippen molar-refractivity contribution in [3.05, 3.63) is 76.9 Å². The smallest absolute Gasteiger partial charge is 0.269 e. The maximum atomic E-state index is 15.1. The van der Waals surface area contributed by atoms with Crippen LogP contribution in [0.5, 0.6) is 5.75 Å². The van der Waals surface area contributed by atoms with Gasteiger partial charge < -0.3 is 24.5 Å². The summed E-state index contributed by atoms with van der Waals surface area (Å²) in [5.41, 5.74) is 1.16. The van der Waals surface area contributed by atoms with E-state index in [0.717, 1.165) is 11.4 Å². The van der Waals surface area contributed by atoms with Crippen molar-refractivity contribution in [3.63, 3.8) is 0 Å². The summed E-state index contributed by atoms with van der Waals surface area (Å²) in [4.78, 5) is 13.2. The van der Waals surface area contributed by atoms with Crippen LogP contribution in [0.15, 0.2) is 70.1 Å². The molecule has 0 spiro atoms. The number of aliphatic hydroxyl groups is 1. The number of methoxy groups -OCH3 is 1. The van der Waals surface area contributed by atoms with Gasteiger partial charge in [-0.2, -0.15) is 0 Å². The van der Waals surface area contributed by atoms with Gasteiger partial charge in [-0.3, -0.25) is 4.99 Å². The van der Waals surface area contributed by atoms with Crippen molar-refractivity contribution < 1.29 is 27.9 Å². The zero-order valence-corrected chi connectivity index (χ0v) is 20.7. The fourth-order valence-electron chi connectivity index (χ4n) is 4.97. The third-order valence-corrected chi connectivity index (χ3v) is 6.65. The number of aliphatic hydroxyl groups excluding tert-OH is 1. The Bertz CT molecular complexity index is 1320. The van der Waals surface area contributed by atoms with E-state index in [1.165, 1.54) is 36.1 Å². The topological polar surface area (TPSA) is 69.9 Å². The number of benzene rings is 2. The Morgan fingerprint density at radius 2 is 1.95 bits per heavy atom. The summed E-state index contributed by atoms with van der Waals surface area (Å²) in [6, 6.07) is 10.6. The number of allylic oxidation sites excluding steroid dienone is 1. The van der Waals surface area contributed by atoms with Gasteiger partial charge >= 0.3 is 0 Å². The van der Waals surface area contributed by atoms with Crippen molar-refractivity contribution in [2.24, 2.45) is 10.1 Å². The second-order valence-electron chi connectivity index (χ2n) is 9.34. The van der Waals surface area contributed by atoms with Crippen molar-refractivity contribution in [1.82, 2.24) is 4.90 Å². The van der Waals surface area contributed by atoms with E-state index in [0.29, 0.717) is 23.4 Å². The molecule has 1 fully saturated rings. The van der Waals surface area contributed by atoms with Crippen LogP contribution in [0.25, 0.3) is 6.08 Å². The van der Waals surface area contributed by atoms with Gasteiger partial charge in [-0.05, 0) is 61.9 Å². The van der Waals surface area contributed by atoms with Crippen molar-refractivity contribution in [3.8, 4) is 5.75 Å². The summed E-state index contributed by atoms with van der Waals surface area (Å²) in [6.45, 7) is 3.19. The minimum absolute atomic E-state index is 0.199. The quantitative estimate of drug-likeness (QED) is 0.618. The van der Waals surface area contributed by atoms with Gasteiger partial charge in [-0.25, -0.2) is 13.2 Å². The highest BCUT2D eigenvalue weighted by Gasteiger charge is 2.58. The van der Waals surface area contributed by atoms with Gasteiger partial charge in [-0.1, -0.05) is 11.2 Å². The highest BCUT2D eigenvalue weighted by molar-refractivity contribution is 6.04. The molecular weight excluding hydrogens is 485 g/mol. The van der Waals surface area contributed by atoms with Gasteiger partial charge in [0.2, 0.25) is 0 Å². The molecule has 7 nitrogen and oxygen atoms in total. The maximum absolute atomic E-state index is 15.1. The average molecular weight is 513 g/mol. The number of hydrogen-bond acceptors (Lipinski definition) is 7. The van der Waals surface area contributed by atoms with E-state index < -0.39 is 36.5 Å². The van der Waals surface area contributed by atoms with Crippen LogP contribution in [-0.4, -0.2) is 54.3 Å². The van der Waals surface area contributed by atoms with Crippen LogP contribution in [-0.2, 0) is 10.6 Å². The molecule has 1 unspecified atom stereocenters. The fourth-order valence-corrected chi connectivity index (χ4v) is 4.97. The second kappa shape index (κ2) is 9.26. The number of fused-ring (bicyclic) bond motifs is 1. The van der Waals surface area contributed by atoms with E-state index in [9.17, 15) is 9.50 Å². The van der Waals surface area contributed by atoms with Crippen LogP contribution in [0.1, 0.15) is 31.4 Å². The summed E-state index contributed by atoms with van der Waals surface area (Å²) in [5, 5.41) is 14.9. The number of rotatable bonds is 5. The monoisotopic (exact) mass is 512 g/mol. The van der Waals surface area contributed by atoms with Crippen molar-refractivity contribution in [1.29, 1.82) is 0 Å². The van der Waals surface area contributed by atoms with Gasteiger partial charge in [0.15, 0.2) is 5.84 Å². The summed E-state index contributed by atoms with van der Waals surface area (Å²) in [7, 11) is 1.55. The van der Waals surface area contributed by atoms with E-state index >= 15 is 8.78 Å². The zero-order valence-electron chi connectivity index (χ0n) is 20.7. The Kier molecular flexibility index (Phi) is 6.23. The Hall–Kier alpha value is -3.79. The molecular formula is C27H27F3N4O3. The Balaban J connectivity index is 1.53. The molecule has 0 amide bonds. The number of hydrogen-bond donors (Lipinski definition) is 1. The summed E-state index contributed by atoms with van der Waals surface area (Å²) < 4.78 is 49.4. The first-order valence-electron chi connectivity index (χ1n) is 11.9. The van der Waals surface area contributed by atoms with Crippen LogP contribution in [0.4, 0.5) is 18.9 Å². The Morgan fingerprint density at radius 1 is 1.19 bits per heavy atom. The van der Waals surface area contributed by atoms with E-state index in [1.54, 1.807) is 25.5 Å². The molecule has 1 saturated heterocycles. The van der Waals surface area contributed by atoms with Crippen LogP contribution in [0.2, 0.25) is 0 Å². The van der Waals surface area contributed by atoms with Crippen molar-refractivity contribution >= 4 is 23.8 Å². The lowest BCUT2D eigenvalue weighted by Crippen LogP contribution is -2.59. The van der Waals surface area contributed by atoms with E-state index in [1.807, 2.05) is 30.2 Å². The third-order valence-electron chi connectivity index (χ3n) is 6.65. The van der Waals surface area contributed by atoms with Gasteiger partial charge in [0.1, 0.15) is 17.7 Å². The van der Waals surface area contributed by atoms with Crippen molar-refractivity contribution in [2.75, 3.05) is 25.1 Å². The zero-order chi connectivity index (χ0) is 26.4. The van der Waals surface area contributed by atoms with Crippen molar-refractivity contribution in [2.45, 2.75) is 38.0 Å². The Morgan fingerprint density at radius 3 is 2.62 bits per heavy atom. The predicted octanol–water partition coefficient (Wildman–Crippen LogP) is 4.89. The molecule has 0 bridgehead atoms. The van der Waals surface area contributed by atoms with Gasteiger partial charge in [0, 0.05) is 30.0 Å². The number of nitrogens with zero attached hydrogens (tertiary/aromatic N) is 4. The minimum atomic E-state index is -3.13. The van der Waals surface area contributed by atoms with Crippen LogP contribution in [0, 0.1) is 5.82 Å². The molecule has 3 heterocycles. The number of alkyl halides is 2. The first-order valence-corrected chi connectivity index (χ1v) is 11.9. The average Bonchev–Trinajstić information content (AvgIpc) is 3.24. The molecule has 3 aliphatic heterocycles. The molecule has 2 atom stereocenters. The molecule has 1 N–H and O–H groups in total. The van der Waals surface area contributed by atoms with E-state index in [4.69, 9.17) is 9.57 Å². The molecule has 194 valence electrons. The Labute approximate surface area is 212 Å². The number of amidine groups is 1. The highest BCUT2D eigenvalue weighted by Crippen LogP contribution is 2.46. The fraction of sp³-hybridized carbons (Fsp3) is 0.333. The second-order valence-corrected chi connectivity index (χ2v) is 9.34. The lowest BCUT2D eigenvalue weighted by atomic mass is 9.90. The molecule has 37 heavy (non-hydrogen) atoms. The van der Waals surface area contributed by atoms with Crippen LogP contribution < -0.4 is 9.64 Å². The van der Waals surface area contributed by atoms with E-state index in [2.05, 4.69) is 10.1 Å². The number of aliphatic imine (C=N–C) groups is 1. The lowest BCUT2D eigenvalue weighted by molar-refractivity contribution is -0.190. The summed E-state index contributed by atoms with van der Waals surface area (Å²) in [5.74, 6) is -2.85. The molecule has 2 aromatic rings. The number of anilines is 1. The molecule has 0 radical (unpaired) electrons. The SMILES string of the molecule is COc1cc(/C=C2\CC(F)(F)CN3C2=NO[C@]3(c2ccc(F)cc2)C(C)O)ccc1N1C=C(C)N=CC1. The normalized spacial score (nSPS) is 24.4. The largest absolute Gasteiger partial charge is 0.495 e. The number of oxime groups is 1. The molecule has 0 saturated carbocycles. The number of halogens is 3. The third kappa shape index (κ3) is 4.46. The molecule has 10 heteroatoms. The lowest BCUT2D eigenvalue weighted by Gasteiger charge is -2.43. The van der Waals surface area contributed by atoms with Gasteiger partial charge in [0.05, 0.1) is 31.6 Å². The van der Waals surface area contributed by atoms with Gasteiger partial charge in [-0.15, -0.1) is 0 Å². The number of ether oxygens (including phenoxy) is 1. The highest BCUT2D eigenvalue weighted by atomic mass is 19.3. The maximum Gasteiger partial charge on any atom is 0.269 e. The minimum Gasteiger partial charge on any atom is -0.495 e.